The summed E-state index contributed by atoms with van der Waals surface area (Å²) in [5.74, 6) is 0.108. The maximum atomic E-state index is 12.8. The molecule has 1 heterocycles. The second-order valence-corrected chi connectivity index (χ2v) is 6.54. The third-order valence-corrected chi connectivity index (χ3v) is 4.53. The monoisotopic (exact) mass is 356 g/mol. The van der Waals surface area contributed by atoms with Crippen LogP contribution < -0.4 is 5.32 Å². The van der Waals surface area contributed by atoms with E-state index < -0.39 is 0 Å². The summed E-state index contributed by atoms with van der Waals surface area (Å²) in [5, 5.41) is 3.35. The molecule has 5 heteroatoms. The highest BCUT2D eigenvalue weighted by atomic mass is 79.9. The van der Waals surface area contributed by atoms with Crippen LogP contribution >= 0.6 is 28.6 Å². The Kier molecular flexibility index (Phi) is 5.93. The number of rotatable bonds is 4. The van der Waals surface area contributed by atoms with Crippen molar-refractivity contribution in [1.82, 2.24) is 10.2 Å². The second kappa shape index (κ2) is 7.48. The first-order valence-corrected chi connectivity index (χ1v) is 8.37. The lowest BCUT2D eigenvalue weighted by molar-refractivity contribution is 0.0639. The number of hydrogen-bond acceptors (Lipinski definition) is 3. The van der Waals surface area contributed by atoms with Crippen LogP contribution in [0.5, 0.6) is 0 Å². The summed E-state index contributed by atoms with van der Waals surface area (Å²) in [6, 6.07) is 5.99. The van der Waals surface area contributed by atoms with Crippen molar-refractivity contribution in [3.05, 3.63) is 28.2 Å². The smallest absolute Gasteiger partial charge is 0.255 e. The molecule has 20 heavy (non-hydrogen) atoms. The number of halogens is 1. The fourth-order valence-corrected chi connectivity index (χ4v) is 3.50. The molecule has 1 amide bonds. The molecule has 1 aliphatic heterocycles. The van der Waals surface area contributed by atoms with Gasteiger partial charge in [-0.2, -0.15) is 0 Å². The van der Waals surface area contributed by atoms with E-state index in [9.17, 15) is 4.79 Å². The molecule has 0 atom stereocenters. The Morgan fingerprint density at radius 2 is 2.15 bits per heavy atom. The van der Waals surface area contributed by atoms with Gasteiger partial charge >= 0.3 is 0 Å². The second-order valence-electron chi connectivity index (χ2n) is 5.14. The van der Waals surface area contributed by atoms with E-state index in [-0.39, 0.29) is 5.91 Å². The van der Waals surface area contributed by atoms with Crippen molar-refractivity contribution in [3.8, 4) is 0 Å². The third-order valence-electron chi connectivity index (χ3n) is 3.67. The molecule has 1 aromatic carbocycles. The molecule has 0 radical (unpaired) electrons. The van der Waals surface area contributed by atoms with Gasteiger partial charge in [0.2, 0.25) is 0 Å². The van der Waals surface area contributed by atoms with Crippen LogP contribution in [-0.2, 0) is 0 Å². The minimum atomic E-state index is 0.108. The van der Waals surface area contributed by atoms with Crippen LogP contribution in [0.25, 0.3) is 0 Å². The van der Waals surface area contributed by atoms with Crippen molar-refractivity contribution in [2.45, 2.75) is 37.1 Å². The quantitative estimate of drug-likeness (QED) is 0.810. The number of piperidine rings is 1. The Hall–Kier alpha value is -0.520. The predicted octanol–water partition coefficient (Wildman–Crippen LogP) is 3.34. The normalized spacial score (nSPS) is 16.1. The number of amides is 1. The van der Waals surface area contributed by atoms with Crippen LogP contribution in [0, 0.1) is 0 Å². The summed E-state index contributed by atoms with van der Waals surface area (Å²) in [5.41, 5.74) is 0.698. The predicted molar refractivity (Wildman–Crippen MR) is 88.6 cm³/mol. The Labute approximate surface area is 134 Å². The molecule has 1 fully saturated rings. The number of thiol groups is 1. The van der Waals surface area contributed by atoms with Gasteiger partial charge in [-0.1, -0.05) is 22.9 Å². The zero-order valence-electron chi connectivity index (χ0n) is 11.7. The molecular weight excluding hydrogens is 336 g/mol. The van der Waals surface area contributed by atoms with Gasteiger partial charge in [-0.25, -0.2) is 0 Å². The van der Waals surface area contributed by atoms with Crippen molar-refractivity contribution in [1.29, 1.82) is 0 Å². The van der Waals surface area contributed by atoms with Crippen LogP contribution in [0.2, 0.25) is 0 Å². The molecule has 0 aromatic heterocycles. The van der Waals surface area contributed by atoms with Gasteiger partial charge in [-0.05, 0) is 50.6 Å². The summed E-state index contributed by atoms with van der Waals surface area (Å²) in [6.07, 6.45) is 3.04. The van der Waals surface area contributed by atoms with Gasteiger partial charge < -0.3 is 10.2 Å². The van der Waals surface area contributed by atoms with Crippen molar-refractivity contribution in [3.63, 3.8) is 0 Å². The molecule has 0 saturated carbocycles. The molecule has 1 N–H and O–H groups in total. The number of hydrogen-bond donors (Lipinski definition) is 2. The lowest BCUT2D eigenvalue weighted by Crippen LogP contribution is -2.46. The van der Waals surface area contributed by atoms with E-state index in [0.717, 1.165) is 48.3 Å². The van der Waals surface area contributed by atoms with Gasteiger partial charge in [0.25, 0.3) is 5.91 Å². The lowest BCUT2D eigenvalue weighted by Gasteiger charge is -2.35. The molecule has 0 unspecified atom stereocenters. The van der Waals surface area contributed by atoms with Gasteiger partial charge in [0.05, 0.1) is 5.56 Å². The molecule has 1 saturated heterocycles. The van der Waals surface area contributed by atoms with E-state index in [1.165, 1.54) is 0 Å². The van der Waals surface area contributed by atoms with Crippen molar-refractivity contribution >= 4 is 34.5 Å². The maximum absolute atomic E-state index is 12.8. The average molecular weight is 357 g/mol. The molecule has 3 nitrogen and oxygen atoms in total. The van der Waals surface area contributed by atoms with E-state index in [4.69, 9.17) is 0 Å². The molecule has 1 aromatic rings. The molecule has 0 bridgehead atoms. The van der Waals surface area contributed by atoms with Gasteiger partial charge in [0.1, 0.15) is 0 Å². The lowest BCUT2D eigenvalue weighted by atomic mass is 10.0. The molecule has 0 spiro atoms. The van der Waals surface area contributed by atoms with Crippen molar-refractivity contribution in [2.75, 3.05) is 19.6 Å². The van der Waals surface area contributed by atoms with Crippen LogP contribution in [0.15, 0.2) is 27.6 Å². The summed E-state index contributed by atoms with van der Waals surface area (Å²) in [6.45, 7) is 4.91. The molecule has 1 aliphatic rings. The standard InChI is InChI=1S/C15H21BrN2OS/c1-2-9-18(12-5-7-17-8-6-12)15(19)13-4-3-11(16)10-14(13)20/h3-4,10,12,17,20H,2,5-9H2,1H3. The first-order chi connectivity index (χ1) is 9.63. The van der Waals surface area contributed by atoms with E-state index in [0.29, 0.717) is 11.6 Å². The van der Waals surface area contributed by atoms with Crippen molar-refractivity contribution < 1.29 is 4.79 Å². The number of benzene rings is 1. The van der Waals surface area contributed by atoms with Gasteiger partial charge in [-0.15, -0.1) is 12.6 Å². The highest BCUT2D eigenvalue weighted by molar-refractivity contribution is 9.10. The van der Waals surface area contributed by atoms with Crippen molar-refractivity contribution in [2.24, 2.45) is 0 Å². The summed E-state index contributed by atoms with van der Waals surface area (Å²) < 4.78 is 0.947. The SMILES string of the molecule is CCCN(C(=O)c1ccc(Br)cc1S)C1CCNCC1. The minimum Gasteiger partial charge on any atom is -0.336 e. The van der Waals surface area contributed by atoms with Gasteiger partial charge in [0.15, 0.2) is 0 Å². The first kappa shape index (κ1) is 15.9. The van der Waals surface area contributed by atoms with Crippen LogP contribution in [0.1, 0.15) is 36.5 Å². The van der Waals surface area contributed by atoms with Gasteiger partial charge in [-0.3, -0.25) is 4.79 Å². The van der Waals surface area contributed by atoms with E-state index in [1.807, 2.05) is 23.1 Å². The summed E-state index contributed by atoms with van der Waals surface area (Å²) in [4.78, 5) is 15.6. The Balaban J connectivity index is 2.21. The Morgan fingerprint density at radius 1 is 1.45 bits per heavy atom. The first-order valence-electron chi connectivity index (χ1n) is 7.13. The third kappa shape index (κ3) is 3.77. The van der Waals surface area contributed by atoms with Crippen LogP contribution in [0.3, 0.4) is 0 Å². The minimum absolute atomic E-state index is 0.108. The van der Waals surface area contributed by atoms with E-state index >= 15 is 0 Å². The summed E-state index contributed by atoms with van der Waals surface area (Å²) >= 11 is 7.85. The number of carbonyl (C=O) groups is 1. The number of nitrogens with zero attached hydrogens (tertiary/aromatic N) is 1. The van der Waals surface area contributed by atoms with Gasteiger partial charge in [0, 0.05) is 22.0 Å². The largest absolute Gasteiger partial charge is 0.336 e. The average Bonchev–Trinajstić information content (AvgIpc) is 2.45. The Morgan fingerprint density at radius 3 is 2.75 bits per heavy atom. The molecule has 2 rings (SSSR count). The Bertz CT molecular complexity index is 475. The molecular formula is C15H21BrN2OS. The van der Waals surface area contributed by atoms with Crippen LogP contribution in [0.4, 0.5) is 0 Å². The van der Waals surface area contributed by atoms with E-state index in [1.54, 1.807) is 0 Å². The number of nitrogens with one attached hydrogen (secondary N) is 1. The highest BCUT2D eigenvalue weighted by Crippen LogP contribution is 2.23. The molecule has 0 aliphatic carbocycles. The summed E-state index contributed by atoms with van der Waals surface area (Å²) in [7, 11) is 0. The topological polar surface area (TPSA) is 32.3 Å². The zero-order chi connectivity index (χ0) is 14.5. The van der Waals surface area contributed by atoms with Crippen LogP contribution in [-0.4, -0.2) is 36.5 Å². The fraction of sp³-hybridized carbons (Fsp3) is 0.533. The number of carbonyl (C=O) groups excluding carboxylic acids is 1. The zero-order valence-corrected chi connectivity index (χ0v) is 14.2. The molecule has 110 valence electrons. The van der Waals surface area contributed by atoms with E-state index in [2.05, 4.69) is 40.8 Å². The highest BCUT2D eigenvalue weighted by Gasteiger charge is 2.26. The fourth-order valence-electron chi connectivity index (χ4n) is 2.65. The maximum Gasteiger partial charge on any atom is 0.255 e.